The van der Waals surface area contributed by atoms with Gasteiger partial charge < -0.3 is 10.5 Å². The number of hydrogen-bond acceptors (Lipinski definition) is 4. The Bertz CT molecular complexity index is 675. The Morgan fingerprint density at radius 1 is 1.21 bits per heavy atom. The van der Waals surface area contributed by atoms with Crippen LogP contribution < -0.4 is 5.73 Å². The molecule has 0 unspecified atom stereocenters. The van der Waals surface area contributed by atoms with Crippen molar-refractivity contribution >= 4 is 27.3 Å². The number of aromatic nitrogens is 1. The van der Waals surface area contributed by atoms with Crippen LogP contribution >= 0.6 is 11.6 Å². The minimum absolute atomic E-state index is 0.0310. The SMILES string of the molecule is Nc1cc(S(=O)(=O)[N-]Cc2ccncc2)ccc1Cl. The fraction of sp³-hybridized carbons (Fsp3) is 0.0833. The van der Waals surface area contributed by atoms with E-state index in [2.05, 4.69) is 9.71 Å². The Balaban J connectivity index is 2.16. The molecule has 0 saturated heterocycles. The number of pyridine rings is 1. The zero-order valence-electron chi connectivity index (χ0n) is 9.82. The lowest BCUT2D eigenvalue weighted by atomic mass is 10.3. The molecule has 0 saturated carbocycles. The van der Waals surface area contributed by atoms with Gasteiger partial charge in [-0.05, 0) is 30.3 Å². The molecule has 1 aromatic heterocycles. The van der Waals surface area contributed by atoms with Crippen molar-refractivity contribution in [3.63, 3.8) is 0 Å². The summed E-state index contributed by atoms with van der Waals surface area (Å²) in [5, 5.41) is 0.313. The minimum atomic E-state index is -3.73. The number of anilines is 1. The van der Waals surface area contributed by atoms with Crippen LogP contribution in [0.1, 0.15) is 5.56 Å². The average molecular weight is 297 g/mol. The number of nitrogens with two attached hydrogens (primary N) is 1. The third-order valence-electron chi connectivity index (χ3n) is 2.43. The molecular weight excluding hydrogens is 286 g/mol. The molecule has 0 aliphatic heterocycles. The molecule has 0 fully saturated rings. The number of halogens is 1. The molecule has 2 aromatic rings. The van der Waals surface area contributed by atoms with E-state index in [1.165, 1.54) is 18.2 Å². The lowest BCUT2D eigenvalue weighted by Crippen LogP contribution is -2.01. The number of hydrogen-bond donors (Lipinski definition) is 1. The Morgan fingerprint density at radius 2 is 1.89 bits per heavy atom. The Kier molecular flexibility index (Phi) is 4.04. The largest absolute Gasteiger partial charge is 0.541 e. The van der Waals surface area contributed by atoms with Gasteiger partial charge in [0.05, 0.1) is 15.6 Å². The predicted octanol–water partition coefficient (Wildman–Crippen LogP) is 2.58. The summed E-state index contributed by atoms with van der Waals surface area (Å²) in [5.74, 6) is 0. The van der Waals surface area contributed by atoms with Crippen molar-refractivity contribution in [2.75, 3.05) is 5.73 Å². The van der Waals surface area contributed by atoms with Crippen LogP contribution in [0.2, 0.25) is 5.02 Å². The van der Waals surface area contributed by atoms with Crippen LogP contribution in [0.5, 0.6) is 0 Å². The van der Waals surface area contributed by atoms with Crippen molar-refractivity contribution in [2.45, 2.75) is 11.4 Å². The first-order chi connectivity index (χ1) is 8.99. The van der Waals surface area contributed by atoms with Gasteiger partial charge in [-0.15, -0.1) is 6.54 Å². The van der Waals surface area contributed by atoms with E-state index in [1.54, 1.807) is 24.5 Å². The highest BCUT2D eigenvalue weighted by Crippen LogP contribution is 2.25. The summed E-state index contributed by atoms with van der Waals surface area (Å²) in [5.41, 5.74) is 6.55. The number of benzene rings is 1. The van der Waals surface area contributed by atoms with Crippen molar-refractivity contribution in [2.24, 2.45) is 0 Å². The van der Waals surface area contributed by atoms with E-state index in [9.17, 15) is 8.42 Å². The zero-order valence-corrected chi connectivity index (χ0v) is 11.4. The van der Waals surface area contributed by atoms with Crippen LogP contribution in [-0.2, 0) is 16.6 Å². The van der Waals surface area contributed by atoms with Gasteiger partial charge in [-0.1, -0.05) is 17.2 Å². The van der Waals surface area contributed by atoms with Gasteiger partial charge in [0, 0.05) is 12.4 Å². The van der Waals surface area contributed by atoms with Crippen LogP contribution in [0.4, 0.5) is 5.69 Å². The maximum absolute atomic E-state index is 12.0. The van der Waals surface area contributed by atoms with E-state index >= 15 is 0 Å². The molecule has 0 spiro atoms. The van der Waals surface area contributed by atoms with Gasteiger partial charge in [0.2, 0.25) is 0 Å². The molecule has 0 aliphatic carbocycles. The van der Waals surface area contributed by atoms with Gasteiger partial charge >= 0.3 is 0 Å². The maximum atomic E-state index is 12.0. The molecule has 7 heteroatoms. The molecule has 0 aliphatic rings. The lowest BCUT2D eigenvalue weighted by molar-refractivity contribution is 0.601. The first-order valence-corrected chi connectivity index (χ1v) is 7.18. The third-order valence-corrected chi connectivity index (χ3v) is 4.09. The van der Waals surface area contributed by atoms with Crippen LogP contribution in [0.15, 0.2) is 47.6 Å². The van der Waals surface area contributed by atoms with Gasteiger partial charge in [-0.3, -0.25) is 4.98 Å². The summed E-state index contributed by atoms with van der Waals surface area (Å²) in [7, 11) is -3.73. The van der Waals surface area contributed by atoms with E-state index in [0.717, 1.165) is 5.56 Å². The fourth-order valence-corrected chi connectivity index (χ4v) is 2.51. The minimum Gasteiger partial charge on any atom is -0.541 e. The molecule has 2 N–H and O–H groups in total. The topological polar surface area (TPSA) is 87.2 Å². The first-order valence-electron chi connectivity index (χ1n) is 5.37. The van der Waals surface area contributed by atoms with Crippen LogP contribution in [0.3, 0.4) is 0 Å². The second kappa shape index (κ2) is 5.56. The quantitative estimate of drug-likeness (QED) is 0.878. The highest BCUT2D eigenvalue weighted by atomic mass is 35.5. The number of nitrogens with zero attached hydrogens (tertiary/aromatic N) is 2. The average Bonchev–Trinajstić information content (AvgIpc) is 2.41. The van der Waals surface area contributed by atoms with E-state index in [0.29, 0.717) is 5.02 Å². The van der Waals surface area contributed by atoms with Crippen molar-refractivity contribution in [1.82, 2.24) is 4.98 Å². The van der Waals surface area contributed by atoms with Gasteiger partial charge in [-0.2, -0.15) is 0 Å². The molecule has 19 heavy (non-hydrogen) atoms. The summed E-state index contributed by atoms with van der Waals surface area (Å²) in [4.78, 5) is 3.88. The molecule has 100 valence electrons. The molecule has 0 bridgehead atoms. The summed E-state index contributed by atoms with van der Waals surface area (Å²) in [6.45, 7) is 0.0629. The normalized spacial score (nSPS) is 11.4. The van der Waals surface area contributed by atoms with Crippen molar-refractivity contribution in [3.8, 4) is 0 Å². The van der Waals surface area contributed by atoms with Crippen molar-refractivity contribution in [3.05, 3.63) is 58.0 Å². The first kappa shape index (κ1) is 13.8. The molecule has 0 radical (unpaired) electrons. The second-order valence-electron chi connectivity index (χ2n) is 3.80. The van der Waals surface area contributed by atoms with Crippen molar-refractivity contribution in [1.29, 1.82) is 0 Å². The molecule has 2 rings (SSSR count). The summed E-state index contributed by atoms with van der Waals surface area (Å²) < 4.78 is 27.7. The Morgan fingerprint density at radius 3 is 2.53 bits per heavy atom. The predicted molar refractivity (Wildman–Crippen MR) is 74.4 cm³/mol. The van der Waals surface area contributed by atoms with E-state index in [-0.39, 0.29) is 17.1 Å². The third kappa shape index (κ3) is 3.44. The molecule has 1 aromatic carbocycles. The fourth-order valence-electron chi connectivity index (χ4n) is 1.40. The molecule has 1 heterocycles. The van der Waals surface area contributed by atoms with Crippen LogP contribution in [0.25, 0.3) is 4.72 Å². The van der Waals surface area contributed by atoms with Crippen LogP contribution in [0, 0.1) is 0 Å². The standard InChI is InChI=1S/C12H11ClN3O2S/c13-11-2-1-10(7-12(11)14)19(17,18)16-8-9-3-5-15-6-4-9/h1-7H,8,14H2/q-1. The summed E-state index contributed by atoms with van der Waals surface area (Å²) in [6, 6.07) is 7.52. The summed E-state index contributed by atoms with van der Waals surface area (Å²) >= 11 is 5.75. The second-order valence-corrected chi connectivity index (χ2v) is 5.89. The van der Waals surface area contributed by atoms with Gasteiger partial charge in [0.1, 0.15) is 10.0 Å². The Labute approximate surface area is 116 Å². The summed E-state index contributed by atoms with van der Waals surface area (Å²) in [6.07, 6.45) is 3.16. The molecular formula is C12H11ClN3O2S-. The molecule has 5 nitrogen and oxygen atoms in total. The number of rotatable bonds is 4. The number of sulfonamides is 1. The number of nitrogen functional groups attached to an aromatic ring is 1. The highest BCUT2D eigenvalue weighted by molar-refractivity contribution is 7.94. The van der Waals surface area contributed by atoms with E-state index < -0.39 is 10.0 Å². The smallest absolute Gasteiger partial charge is 0.101 e. The van der Waals surface area contributed by atoms with Crippen molar-refractivity contribution < 1.29 is 8.42 Å². The van der Waals surface area contributed by atoms with E-state index in [4.69, 9.17) is 17.3 Å². The van der Waals surface area contributed by atoms with E-state index in [1.807, 2.05) is 0 Å². The molecule has 0 atom stereocenters. The highest BCUT2D eigenvalue weighted by Gasteiger charge is 2.06. The maximum Gasteiger partial charge on any atom is 0.101 e. The molecule has 0 amide bonds. The monoisotopic (exact) mass is 296 g/mol. The van der Waals surface area contributed by atoms with Crippen LogP contribution in [-0.4, -0.2) is 13.4 Å². The Hall–Kier alpha value is -1.63. The van der Waals surface area contributed by atoms with Gasteiger partial charge in [0.25, 0.3) is 0 Å². The zero-order chi connectivity index (χ0) is 13.9. The van der Waals surface area contributed by atoms with Gasteiger partial charge in [-0.25, -0.2) is 8.42 Å². The van der Waals surface area contributed by atoms with Gasteiger partial charge in [0.15, 0.2) is 0 Å². The lowest BCUT2D eigenvalue weighted by Gasteiger charge is -2.20.